The van der Waals surface area contributed by atoms with E-state index < -0.39 is 5.91 Å². The van der Waals surface area contributed by atoms with E-state index in [-0.39, 0.29) is 19.3 Å². The molecule has 15 heavy (non-hydrogen) atoms. The molecule has 0 saturated carbocycles. The molecule has 0 radical (unpaired) electrons. The van der Waals surface area contributed by atoms with Crippen LogP contribution in [0.4, 0.5) is 0 Å². The lowest BCUT2D eigenvalue weighted by atomic mass is 10.3. The number of carbonyl (C=O) groups excluding carboxylic acids is 1. The van der Waals surface area contributed by atoms with Gasteiger partial charge in [-0.15, -0.1) is 11.3 Å². The highest BCUT2D eigenvalue weighted by molar-refractivity contribution is 9.13. The van der Waals surface area contributed by atoms with Gasteiger partial charge in [-0.25, -0.2) is 0 Å². The zero-order valence-corrected chi connectivity index (χ0v) is 11.7. The smallest absolute Gasteiger partial charge is 0.243 e. The van der Waals surface area contributed by atoms with E-state index in [1.807, 2.05) is 6.07 Å². The van der Waals surface area contributed by atoms with Gasteiger partial charge in [-0.1, -0.05) is 0 Å². The van der Waals surface area contributed by atoms with Crippen molar-refractivity contribution in [3.63, 3.8) is 0 Å². The predicted octanol–water partition coefficient (Wildman–Crippen LogP) is 1.77. The molecule has 1 atom stereocenters. The van der Waals surface area contributed by atoms with Crippen LogP contribution in [0.15, 0.2) is 14.3 Å². The maximum atomic E-state index is 10.4. The standard InChI is InChI=1S/C8H10Br2N2O2S/c9-4-1-6(15-8(4)10)5(11)2-14-3-7(12)13/h1,5H,2-3,11H2,(H2,12,13). The Morgan fingerprint density at radius 1 is 1.60 bits per heavy atom. The predicted molar refractivity (Wildman–Crippen MR) is 66.7 cm³/mol. The molecule has 1 amide bonds. The number of hydrogen-bond acceptors (Lipinski definition) is 4. The molecule has 4 N–H and O–H groups in total. The number of ether oxygens (including phenoxy) is 1. The summed E-state index contributed by atoms with van der Waals surface area (Å²) in [6.45, 7) is 0.184. The molecule has 0 aliphatic carbocycles. The first-order valence-electron chi connectivity index (χ1n) is 4.07. The van der Waals surface area contributed by atoms with Gasteiger partial charge in [0.25, 0.3) is 0 Å². The van der Waals surface area contributed by atoms with Gasteiger partial charge in [0.1, 0.15) is 6.61 Å². The fraction of sp³-hybridized carbons (Fsp3) is 0.375. The molecule has 0 spiro atoms. The molecule has 84 valence electrons. The van der Waals surface area contributed by atoms with Gasteiger partial charge >= 0.3 is 0 Å². The molecule has 0 aliphatic rings. The summed E-state index contributed by atoms with van der Waals surface area (Å²) in [4.78, 5) is 11.4. The maximum Gasteiger partial charge on any atom is 0.243 e. The third kappa shape index (κ3) is 4.20. The zero-order valence-electron chi connectivity index (χ0n) is 7.70. The van der Waals surface area contributed by atoms with E-state index in [1.54, 1.807) is 0 Å². The topological polar surface area (TPSA) is 78.3 Å². The number of amides is 1. The third-order valence-corrected chi connectivity index (χ3v) is 4.96. The first-order valence-corrected chi connectivity index (χ1v) is 6.47. The molecule has 4 nitrogen and oxygen atoms in total. The van der Waals surface area contributed by atoms with E-state index in [1.165, 1.54) is 11.3 Å². The lowest BCUT2D eigenvalue weighted by Gasteiger charge is -2.08. The SMILES string of the molecule is NC(=O)COCC(N)c1cc(Br)c(Br)s1. The van der Waals surface area contributed by atoms with Crippen LogP contribution in [0, 0.1) is 0 Å². The lowest BCUT2D eigenvalue weighted by Crippen LogP contribution is -2.22. The minimum absolute atomic E-state index is 0.0958. The van der Waals surface area contributed by atoms with E-state index in [2.05, 4.69) is 31.9 Å². The second-order valence-electron chi connectivity index (χ2n) is 2.86. The van der Waals surface area contributed by atoms with Gasteiger partial charge in [0.2, 0.25) is 5.91 Å². The number of hydrogen-bond donors (Lipinski definition) is 2. The van der Waals surface area contributed by atoms with Crippen LogP contribution < -0.4 is 11.5 Å². The monoisotopic (exact) mass is 356 g/mol. The third-order valence-electron chi connectivity index (χ3n) is 1.57. The fourth-order valence-corrected chi connectivity index (χ4v) is 2.99. The molecule has 0 saturated heterocycles. The van der Waals surface area contributed by atoms with Crippen molar-refractivity contribution in [2.45, 2.75) is 6.04 Å². The van der Waals surface area contributed by atoms with Crippen LogP contribution in [-0.4, -0.2) is 19.1 Å². The van der Waals surface area contributed by atoms with Gasteiger partial charge in [0.15, 0.2) is 0 Å². The Bertz CT molecular complexity index is 337. The molecule has 7 heteroatoms. The highest BCUT2D eigenvalue weighted by atomic mass is 79.9. The molecule has 1 aromatic heterocycles. The fourth-order valence-electron chi connectivity index (χ4n) is 0.915. The number of primary amides is 1. The van der Waals surface area contributed by atoms with Crippen LogP contribution in [0.5, 0.6) is 0 Å². The van der Waals surface area contributed by atoms with Crippen molar-refractivity contribution in [1.82, 2.24) is 0 Å². The molecular weight excluding hydrogens is 348 g/mol. The second kappa shape index (κ2) is 5.95. The van der Waals surface area contributed by atoms with Gasteiger partial charge in [0.05, 0.1) is 16.4 Å². The first-order chi connectivity index (χ1) is 7.00. The average Bonchev–Trinajstić information content (AvgIpc) is 2.46. The Morgan fingerprint density at radius 2 is 2.27 bits per heavy atom. The van der Waals surface area contributed by atoms with E-state index in [0.717, 1.165) is 13.1 Å². The number of carbonyl (C=O) groups is 1. The van der Waals surface area contributed by atoms with Crippen molar-refractivity contribution >= 4 is 49.1 Å². The van der Waals surface area contributed by atoms with Crippen LogP contribution >= 0.6 is 43.2 Å². The highest BCUT2D eigenvalue weighted by Crippen LogP contribution is 2.34. The van der Waals surface area contributed by atoms with Crippen LogP contribution in [0.2, 0.25) is 0 Å². The molecule has 0 bridgehead atoms. The molecule has 1 heterocycles. The summed E-state index contributed by atoms with van der Waals surface area (Å²) in [7, 11) is 0. The van der Waals surface area contributed by atoms with Gasteiger partial charge in [-0.05, 0) is 37.9 Å². The number of thiophene rings is 1. The van der Waals surface area contributed by atoms with Gasteiger partial charge in [-0.3, -0.25) is 4.79 Å². The summed E-state index contributed by atoms with van der Waals surface area (Å²) in [5, 5.41) is 0. The van der Waals surface area contributed by atoms with Crippen LogP contribution in [0.25, 0.3) is 0 Å². The Balaban J connectivity index is 2.46. The molecular formula is C8H10Br2N2O2S. The van der Waals surface area contributed by atoms with E-state index in [4.69, 9.17) is 16.2 Å². The minimum atomic E-state index is -0.490. The van der Waals surface area contributed by atoms with Crippen molar-refractivity contribution in [2.24, 2.45) is 11.5 Å². The Labute approximate surface area is 108 Å². The van der Waals surface area contributed by atoms with Crippen LogP contribution in [-0.2, 0) is 9.53 Å². The number of halogens is 2. The second-order valence-corrected chi connectivity index (χ2v) is 6.11. The van der Waals surface area contributed by atoms with Gasteiger partial charge < -0.3 is 16.2 Å². The molecule has 0 fully saturated rings. The van der Waals surface area contributed by atoms with Crippen molar-refractivity contribution in [3.8, 4) is 0 Å². The van der Waals surface area contributed by atoms with Crippen molar-refractivity contribution in [1.29, 1.82) is 0 Å². The Hall–Kier alpha value is 0.0500. The van der Waals surface area contributed by atoms with Crippen LogP contribution in [0.1, 0.15) is 10.9 Å². The van der Waals surface area contributed by atoms with Gasteiger partial charge in [0, 0.05) is 9.35 Å². The Kier molecular flexibility index (Phi) is 5.20. The van der Waals surface area contributed by atoms with E-state index in [9.17, 15) is 4.79 Å². The summed E-state index contributed by atoms with van der Waals surface area (Å²) < 4.78 is 6.99. The zero-order chi connectivity index (χ0) is 11.4. The highest BCUT2D eigenvalue weighted by Gasteiger charge is 2.12. The normalized spacial score (nSPS) is 12.7. The molecule has 0 aliphatic heterocycles. The van der Waals surface area contributed by atoms with Crippen molar-refractivity contribution in [2.75, 3.05) is 13.2 Å². The largest absolute Gasteiger partial charge is 0.370 e. The van der Waals surface area contributed by atoms with E-state index in [0.29, 0.717) is 0 Å². The summed E-state index contributed by atoms with van der Waals surface area (Å²) in [5.41, 5.74) is 10.8. The van der Waals surface area contributed by atoms with Crippen molar-refractivity contribution in [3.05, 3.63) is 19.2 Å². The maximum absolute atomic E-state index is 10.4. The molecule has 1 aromatic rings. The van der Waals surface area contributed by atoms with Gasteiger partial charge in [-0.2, -0.15) is 0 Å². The molecule has 1 unspecified atom stereocenters. The quantitative estimate of drug-likeness (QED) is 0.842. The lowest BCUT2D eigenvalue weighted by molar-refractivity contribution is -0.122. The minimum Gasteiger partial charge on any atom is -0.370 e. The average molecular weight is 358 g/mol. The first kappa shape index (κ1) is 13.1. The van der Waals surface area contributed by atoms with Crippen LogP contribution in [0.3, 0.4) is 0 Å². The summed E-state index contributed by atoms with van der Waals surface area (Å²) in [6, 6.07) is 1.68. The molecule has 0 aromatic carbocycles. The van der Waals surface area contributed by atoms with Crippen molar-refractivity contribution < 1.29 is 9.53 Å². The number of nitrogens with two attached hydrogens (primary N) is 2. The summed E-state index contributed by atoms with van der Waals surface area (Å²) in [5.74, 6) is -0.490. The molecule has 1 rings (SSSR count). The van der Waals surface area contributed by atoms with E-state index >= 15 is 0 Å². The Morgan fingerprint density at radius 3 is 2.73 bits per heavy atom. The summed E-state index contributed by atoms with van der Waals surface area (Å²) in [6.07, 6.45) is 0. The number of rotatable bonds is 5. The summed E-state index contributed by atoms with van der Waals surface area (Å²) >= 11 is 8.28.